The maximum atomic E-state index is 13.3. The molecule has 136 valence electrons. The van der Waals surface area contributed by atoms with Crippen LogP contribution in [0.2, 0.25) is 0 Å². The number of carbonyl (C=O) groups is 2. The van der Waals surface area contributed by atoms with E-state index < -0.39 is 0 Å². The van der Waals surface area contributed by atoms with Crippen LogP contribution in [0.1, 0.15) is 59.4 Å². The molecule has 1 N–H and O–H groups in total. The maximum Gasteiger partial charge on any atom is 0.254 e. The van der Waals surface area contributed by atoms with E-state index in [2.05, 4.69) is 19.2 Å². The number of thiophene rings is 1. The molecule has 2 aliphatic rings. The fraction of sp³-hybridized carbons (Fsp3) is 0.429. The van der Waals surface area contributed by atoms with E-state index in [9.17, 15) is 9.59 Å². The Kier molecular flexibility index (Phi) is 4.57. The number of hydrogen-bond acceptors (Lipinski definition) is 3. The molecule has 2 amide bonds. The van der Waals surface area contributed by atoms with E-state index in [-0.39, 0.29) is 23.8 Å². The summed E-state index contributed by atoms with van der Waals surface area (Å²) in [7, 11) is 0. The third kappa shape index (κ3) is 3.16. The normalized spacial score (nSPS) is 22.4. The lowest BCUT2D eigenvalue weighted by molar-refractivity contribution is -0.124. The molecule has 1 fully saturated rings. The van der Waals surface area contributed by atoms with E-state index in [1.54, 1.807) is 11.3 Å². The third-order valence-electron chi connectivity index (χ3n) is 5.04. The van der Waals surface area contributed by atoms with Crippen molar-refractivity contribution in [3.05, 3.63) is 57.8 Å². The number of benzene rings is 1. The van der Waals surface area contributed by atoms with Gasteiger partial charge in [-0.2, -0.15) is 0 Å². The zero-order valence-electron chi connectivity index (χ0n) is 15.1. The molecule has 1 aromatic carbocycles. The molecule has 2 aromatic rings. The molecule has 4 rings (SSSR count). The molecule has 1 aromatic heterocycles. The van der Waals surface area contributed by atoms with Gasteiger partial charge in [-0.15, -0.1) is 11.3 Å². The van der Waals surface area contributed by atoms with Gasteiger partial charge in [0.25, 0.3) is 5.91 Å². The van der Waals surface area contributed by atoms with Crippen LogP contribution in [-0.4, -0.2) is 29.3 Å². The van der Waals surface area contributed by atoms with Crippen LogP contribution in [0, 0.1) is 5.92 Å². The Hall–Kier alpha value is -2.14. The van der Waals surface area contributed by atoms with Crippen LogP contribution in [0.5, 0.6) is 0 Å². The maximum absolute atomic E-state index is 13.3. The molecule has 1 aliphatic heterocycles. The molecule has 2 atom stereocenters. The van der Waals surface area contributed by atoms with E-state index in [1.165, 1.54) is 0 Å². The lowest BCUT2D eigenvalue weighted by Crippen LogP contribution is -2.48. The molecule has 26 heavy (non-hydrogen) atoms. The lowest BCUT2D eigenvalue weighted by atomic mass is 9.81. The highest BCUT2D eigenvalue weighted by Crippen LogP contribution is 2.44. The third-order valence-corrected chi connectivity index (χ3v) is 5.98. The fourth-order valence-corrected chi connectivity index (χ4v) is 4.64. The first-order valence-corrected chi connectivity index (χ1v) is 10.2. The van der Waals surface area contributed by atoms with Crippen molar-refractivity contribution >= 4 is 23.2 Å². The smallest absolute Gasteiger partial charge is 0.254 e. The van der Waals surface area contributed by atoms with E-state index in [1.807, 2.05) is 46.7 Å². The molecular weight excluding hydrogens is 344 g/mol. The molecule has 0 unspecified atom stereocenters. The highest BCUT2D eigenvalue weighted by Gasteiger charge is 2.45. The number of nitrogens with zero attached hydrogens (tertiary/aromatic N) is 1. The Balaban J connectivity index is 1.83. The van der Waals surface area contributed by atoms with Crippen molar-refractivity contribution < 1.29 is 9.59 Å². The van der Waals surface area contributed by atoms with Gasteiger partial charge >= 0.3 is 0 Å². The van der Waals surface area contributed by atoms with Gasteiger partial charge in [-0.3, -0.25) is 9.59 Å². The predicted octanol–water partition coefficient (Wildman–Crippen LogP) is 3.96. The van der Waals surface area contributed by atoms with Crippen LogP contribution in [0.4, 0.5) is 0 Å². The highest BCUT2D eigenvalue weighted by atomic mass is 32.1. The standard InChI is InChI=1S/C21H24N2O2S/c1-13(2)12-23-19(17-8-5-11-26-17)18(20(24)22-14-9-10-14)15-6-3-4-7-16(15)21(23)25/h3-8,11,13-14,18-19H,9-10,12H2,1-2H3,(H,22,24)/t18-,19-/m1/s1. The van der Waals surface area contributed by atoms with Crippen molar-refractivity contribution in [1.82, 2.24) is 10.2 Å². The molecule has 0 saturated heterocycles. The van der Waals surface area contributed by atoms with E-state index >= 15 is 0 Å². The quantitative estimate of drug-likeness (QED) is 0.868. The zero-order valence-corrected chi connectivity index (χ0v) is 16.0. The van der Waals surface area contributed by atoms with E-state index in [0.29, 0.717) is 24.1 Å². The van der Waals surface area contributed by atoms with Gasteiger partial charge in [0, 0.05) is 23.0 Å². The van der Waals surface area contributed by atoms with Gasteiger partial charge in [0.1, 0.15) is 0 Å². The van der Waals surface area contributed by atoms with E-state index in [4.69, 9.17) is 0 Å². The summed E-state index contributed by atoms with van der Waals surface area (Å²) in [5.41, 5.74) is 1.52. The van der Waals surface area contributed by atoms with Crippen molar-refractivity contribution in [2.75, 3.05) is 6.54 Å². The summed E-state index contributed by atoms with van der Waals surface area (Å²) in [6.45, 7) is 4.86. The Bertz CT molecular complexity index is 811. The van der Waals surface area contributed by atoms with Gasteiger partial charge in [-0.05, 0) is 41.8 Å². The molecule has 5 heteroatoms. The summed E-state index contributed by atoms with van der Waals surface area (Å²) in [5, 5.41) is 5.19. The number of nitrogens with one attached hydrogen (secondary N) is 1. The van der Waals surface area contributed by atoms with Crippen LogP contribution < -0.4 is 5.32 Å². The Labute approximate surface area is 158 Å². The molecule has 1 aliphatic carbocycles. The minimum Gasteiger partial charge on any atom is -0.353 e. The van der Waals surface area contributed by atoms with Gasteiger partial charge < -0.3 is 10.2 Å². The predicted molar refractivity (Wildman–Crippen MR) is 103 cm³/mol. The monoisotopic (exact) mass is 368 g/mol. The summed E-state index contributed by atoms with van der Waals surface area (Å²) < 4.78 is 0. The van der Waals surface area contributed by atoms with Gasteiger partial charge in [0.2, 0.25) is 5.91 Å². The summed E-state index contributed by atoms with van der Waals surface area (Å²) >= 11 is 1.62. The number of amides is 2. The molecule has 0 radical (unpaired) electrons. The summed E-state index contributed by atoms with van der Waals surface area (Å²) in [4.78, 5) is 29.5. The Morgan fingerprint density at radius 1 is 1.23 bits per heavy atom. The van der Waals surface area contributed by atoms with Crippen molar-refractivity contribution in [2.24, 2.45) is 5.92 Å². The average Bonchev–Trinajstić information content (AvgIpc) is 3.26. The number of carbonyl (C=O) groups excluding carboxylic acids is 2. The van der Waals surface area contributed by atoms with Crippen molar-refractivity contribution in [3.8, 4) is 0 Å². The van der Waals surface area contributed by atoms with Crippen LogP contribution >= 0.6 is 11.3 Å². The molecule has 0 bridgehead atoms. The topological polar surface area (TPSA) is 49.4 Å². The molecule has 0 spiro atoms. The second kappa shape index (κ2) is 6.88. The molecule has 1 saturated carbocycles. The minimum absolute atomic E-state index is 0.0307. The minimum atomic E-state index is -0.359. The Morgan fingerprint density at radius 3 is 2.65 bits per heavy atom. The number of rotatable bonds is 5. The summed E-state index contributed by atoms with van der Waals surface area (Å²) in [5.74, 6) is 0.0449. The molecule has 4 nitrogen and oxygen atoms in total. The second-order valence-electron chi connectivity index (χ2n) is 7.66. The van der Waals surface area contributed by atoms with Crippen molar-refractivity contribution in [2.45, 2.75) is 44.7 Å². The summed E-state index contributed by atoms with van der Waals surface area (Å²) in [6.07, 6.45) is 2.11. The first kappa shape index (κ1) is 17.3. The van der Waals surface area contributed by atoms with Gasteiger partial charge in [-0.25, -0.2) is 0 Å². The van der Waals surface area contributed by atoms with E-state index in [0.717, 1.165) is 23.3 Å². The first-order valence-electron chi connectivity index (χ1n) is 9.30. The summed E-state index contributed by atoms with van der Waals surface area (Å²) in [6, 6.07) is 11.7. The van der Waals surface area contributed by atoms with Crippen LogP contribution in [0.15, 0.2) is 41.8 Å². The van der Waals surface area contributed by atoms with Crippen molar-refractivity contribution in [3.63, 3.8) is 0 Å². The largest absolute Gasteiger partial charge is 0.353 e. The fourth-order valence-electron chi connectivity index (χ4n) is 3.76. The highest BCUT2D eigenvalue weighted by molar-refractivity contribution is 7.10. The number of fused-ring (bicyclic) bond motifs is 1. The molecule has 2 heterocycles. The van der Waals surface area contributed by atoms with Crippen molar-refractivity contribution in [1.29, 1.82) is 0 Å². The van der Waals surface area contributed by atoms with Gasteiger partial charge in [0.05, 0.1) is 12.0 Å². The average molecular weight is 369 g/mol. The lowest BCUT2D eigenvalue weighted by Gasteiger charge is -2.42. The van der Waals surface area contributed by atoms with Gasteiger partial charge in [-0.1, -0.05) is 38.1 Å². The Morgan fingerprint density at radius 2 is 2.00 bits per heavy atom. The van der Waals surface area contributed by atoms with Crippen LogP contribution in [0.3, 0.4) is 0 Å². The molecular formula is C21H24N2O2S. The van der Waals surface area contributed by atoms with Crippen LogP contribution in [0.25, 0.3) is 0 Å². The number of hydrogen-bond donors (Lipinski definition) is 1. The zero-order chi connectivity index (χ0) is 18.3. The van der Waals surface area contributed by atoms with Gasteiger partial charge in [0.15, 0.2) is 0 Å². The first-order chi connectivity index (χ1) is 12.6. The SMILES string of the molecule is CC(C)CN1C(=O)c2ccccc2[C@@H](C(=O)NC2CC2)[C@H]1c1cccs1. The second-order valence-corrected chi connectivity index (χ2v) is 8.64. The van der Waals surface area contributed by atoms with Crippen LogP contribution in [-0.2, 0) is 4.79 Å².